The first-order valence-electron chi connectivity index (χ1n) is 7.20. The molecule has 0 unspecified atom stereocenters. The number of hydrogen-bond donors (Lipinski definition) is 3. The Morgan fingerprint density at radius 1 is 1.29 bits per heavy atom. The van der Waals surface area contributed by atoms with Crippen LogP contribution < -0.4 is 10.1 Å². The molecule has 1 aliphatic heterocycles. The summed E-state index contributed by atoms with van der Waals surface area (Å²) in [4.78, 5) is 17.5. The highest BCUT2D eigenvalue weighted by atomic mass is 19.3. The fourth-order valence-electron chi connectivity index (χ4n) is 2.58. The van der Waals surface area contributed by atoms with E-state index in [9.17, 15) is 23.8 Å². The zero-order chi connectivity index (χ0) is 17.3. The van der Waals surface area contributed by atoms with Crippen molar-refractivity contribution in [2.75, 3.05) is 18.4 Å². The lowest BCUT2D eigenvalue weighted by molar-refractivity contribution is -0.0489. The van der Waals surface area contributed by atoms with Crippen LogP contribution in [0.4, 0.5) is 19.3 Å². The van der Waals surface area contributed by atoms with Gasteiger partial charge in [0.2, 0.25) is 0 Å². The van der Waals surface area contributed by atoms with E-state index in [0.29, 0.717) is 11.1 Å². The van der Waals surface area contributed by atoms with Crippen molar-refractivity contribution in [3.05, 3.63) is 30.5 Å². The molecule has 7 nitrogen and oxygen atoms in total. The van der Waals surface area contributed by atoms with Gasteiger partial charge in [0.1, 0.15) is 5.52 Å². The Morgan fingerprint density at radius 2 is 2.00 bits per heavy atom. The zero-order valence-electron chi connectivity index (χ0n) is 12.4. The van der Waals surface area contributed by atoms with Crippen LogP contribution in [-0.4, -0.2) is 58.0 Å². The van der Waals surface area contributed by atoms with Crippen LogP contribution in [0.5, 0.6) is 5.75 Å². The van der Waals surface area contributed by atoms with E-state index in [2.05, 4.69) is 15.0 Å². The summed E-state index contributed by atoms with van der Waals surface area (Å²) in [5.41, 5.74) is 0.553. The molecule has 9 heteroatoms. The zero-order valence-corrected chi connectivity index (χ0v) is 12.4. The summed E-state index contributed by atoms with van der Waals surface area (Å²) in [5.74, 6) is -0.0920. The summed E-state index contributed by atoms with van der Waals surface area (Å²) >= 11 is 0. The molecule has 1 aromatic carbocycles. The van der Waals surface area contributed by atoms with Crippen molar-refractivity contribution in [2.24, 2.45) is 0 Å². The topological polar surface area (TPSA) is 94.9 Å². The van der Waals surface area contributed by atoms with Crippen molar-refractivity contribution in [1.29, 1.82) is 0 Å². The van der Waals surface area contributed by atoms with Crippen LogP contribution in [0.15, 0.2) is 30.5 Å². The summed E-state index contributed by atoms with van der Waals surface area (Å²) in [6.45, 7) is -2.96. The summed E-state index contributed by atoms with van der Waals surface area (Å²) in [6.07, 6.45) is -0.550. The van der Waals surface area contributed by atoms with Crippen LogP contribution in [0.25, 0.3) is 10.9 Å². The van der Waals surface area contributed by atoms with E-state index in [0.717, 1.165) is 0 Å². The maximum Gasteiger partial charge on any atom is 0.387 e. The average Bonchev–Trinajstić information content (AvgIpc) is 2.89. The summed E-state index contributed by atoms with van der Waals surface area (Å²) in [7, 11) is 0. The average molecular weight is 339 g/mol. The molecule has 1 aliphatic rings. The Kier molecular flexibility index (Phi) is 4.45. The Bertz CT molecular complexity index is 749. The van der Waals surface area contributed by atoms with E-state index in [1.807, 2.05) is 0 Å². The Balaban J connectivity index is 1.86. The molecular formula is C15H15F2N3O4. The number of aliphatic hydroxyl groups is 2. The van der Waals surface area contributed by atoms with E-state index in [-0.39, 0.29) is 24.4 Å². The van der Waals surface area contributed by atoms with Crippen LogP contribution in [0.1, 0.15) is 0 Å². The van der Waals surface area contributed by atoms with Gasteiger partial charge in [-0.3, -0.25) is 4.98 Å². The van der Waals surface area contributed by atoms with E-state index in [1.165, 1.54) is 23.2 Å². The quantitative estimate of drug-likeness (QED) is 0.786. The Morgan fingerprint density at radius 3 is 2.67 bits per heavy atom. The van der Waals surface area contributed by atoms with Crippen LogP contribution in [0.3, 0.4) is 0 Å². The highest BCUT2D eigenvalue weighted by Gasteiger charge is 2.32. The molecule has 2 aromatic rings. The first-order chi connectivity index (χ1) is 11.5. The minimum absolute atomic E-state index is 0.00968. The number of halogens is 2. The standard InChI is InChI=1S/C15H15F2N3O4/c16-14(17)24-12-4-3-9(8-2-1-5-18-13(8)12)19-15(23)20-6-10(21)11(22)7-20/h1-5,10-11,14,21-22H,6-7H2,(H,19,23)/t10-,11-/m1/s1. The van der Waals surface area contributed by atoms with Gasteiger partial charge in [-0.25, -0.2) is 4.79 Å². The molecule has 0 radical (unpaired) electrons. The third-order valence-electron chi connectivity index (χ3n) is 3.74. The SMILES string of the molecule is O=C(Nc1ccc(OC(F)F)c2ncccc12)N1C[C@@H](O)[C@H](O)C1. The number of rotatable bonds is 3. The summed E-state index contributed by atoms with van der Waals surface area (Å²) < 4.78 is 29.4. The van der Waals surface area contributed by atoms with Crippen LogP contribution in [-0.2, 0) is 0 Å². The highest BCUT2D eigenvalue weighted by Crippen LogP contribution is 2.31. The van der Waals surface area contributed by atoms with Gasteiger partial charge < -0.3 is 25.2 Å². The second kappa shape index (κ2) is 6.54. The lowest BCUT2D eigenvalue weighted by Gasteiger charge is -2.18. The normalized spacial score (nSPS) is 20.6. The molecule has 0 aliphatic carbocycles. The molecule has 2 amide bonds. The number of amides is 2. The third-order valence-corrected chi connectivity index (χ3v) is 3.74. The molecule has 1 saturated heterocycles. The number of nitrogens with zero attached hydrogens (tertiary/aromatic N) is 2. The van der Waals surface area contributed by atoms with Crippen molar-refractivity contribution in [3.63, 3.8) is 0 Å². The number of likely N-dealkylation sites (tertiary alicyclic amines) is 1. The number of fused-ring (bicyclic) bond motifs is 1. The van der Waals surface area contributed by atoms with E-state index < -0.39 is 24.9 Å². The minimum Gasteiger partial charge on any atom is -0.432 e. The number of urea groups is 1. The first-order valence-corrected chi connectivity index (χ1v) is 7.20. The number of anilines is 1. The molecule has 1 aromatic heterocycles. The second-order valence-electron chi connectivity index (χ2n) is 5.36. The minimum atomic E-state index is -2.98. The number of ether oxygens (including phenoxy) is 1. The lowest BCUT2D eigenvalue weighted by atomic mass is 10.1. The predicted octanol–water partition coefficient (Wildman–Crippen LogP) is 1.41. The fourth-order valence-corrected chi connectivity index (χ4v) is 2.58. The number of carbonyl (C=O) groups excluding carboxylic acids is 1. The molecule has 24 heavy (non-hydrogen) atoms. The second-order valence-corrected chi connectivity index (χ2v) is 5.36. The molecule has 2 heterocycles. The van der Waals surface area contributed by atoms with Crippen LogP contribution >= 0.6 is 0 Å². The van der Waals surface area contributed by atoms with E-state index in [4.69, 9.17) is 0 Å². The van der Waals surface area contributed by atoms with Gasteiger partial charge in [-0.15, -0.1) is 0 Å². The Hall–Kier alpha value is -2.52. The van der Waals surface area contributed by atoms with E-state index >= 15 is 0 Å². The highest BCUT2D eigenvalue weighted by molar-refractivity contribution is 6.02. The van der Waals surface area contributed by atoms with Crippen molar-refractivity contribution >= 4 is 22.6 Å². The maximum atomic E-state index is 12.5. The monoisotopic (exact) mass is 339 g/mol. The molecule has 0 spiro atoms. The molecular weight excluding hydrogens is 324 g/mol. The van der Waals surface area contributed by atoms with Gasteiger partial charge in [-0.05, 0) is 24.3 Å². The molecule has 128 valence electrons. The van der Waals surface area contributed by atoms with Crippen molar-refractivity contribution in [1.82, 2.24) is 9.88 Å². The molecule has 0 saturated carbocycles. The van der Waals surface area contributed by atoms with Gasteiger partial charge in [-0.1, -0.05) is 0 Å². The van der Waals surface area contributed by atoms with Gasteiger partial charge in [0.25, 0.3) is 0 Å². The molecule has 0 bridgehead atoms. The number of aliphatic hydroxyl groups excluding tert-OH is 2. The number of carbonyl (C=O) groups is 1. The third kappa shape index (κ3) is 3.22. The lowest BCUT2D eigenvalue weighted by Crippen LogP contribution is -2.34. The van der Waals surface area contributed by atoms with E-state index in [1.54, 1.807) is 12.1 Å². The number of nitrogens with one attached hydrogen (secondary N) is 1. The smallest absolute Gasteiger partial charge is 0.387 e. The van der Waals surface area contributed by atoms with Crippen molar-refractivity contribution < 1.29 is 28.5 Å². The maximum absolute atomic E-state index is 12.5. The van der Waals surface area contributed by atoms with Gasteiger partial charge in [0, 0.05) is 11.6 Å². The number of pyridine rings is 1. The number of benzene rings is 1. The van der Waals surface area contributed by atoms with Gasteiger partial charge in [0.05, 0.1) is 31.0 Å². The van der Waals surface area contributed by atoms with Crippen molar-refractivity contribution in [3.8, 4) is 5.75 Å². The molecule has 3 rings (SSSR count). The molecule has 3 N–H and O–H groups in total. The van der Waals surface area contributed by atoms with Gasteiger partial charge >= 0.3 is 12.6 Å². The predicted molar refractivity (Wildman–Crippen MR) is 81.0 cm³/mol. The van der Waals surface area contributed by atoms with Crippen LogP contribution in [0.2, 0.25) is 0 Å². The molecule has 1 fully saturated rings. The van der Waals surface area contributed by atoms with Gasteiger partial charge in [0.15, 0.2) is 5.75 Å². The fraction of sp³-hybridized carbons (Fsp3) is 0.333. The number of hydrogen-bond acceptors (Lipinski definition) is 5. The largest absolute Gasteiger partial charge is 0.432 e. The first kappa shape index (κ1) is 16.3. The van der Waals surface area contributed by atoms with Crippen LogP contribution in [0, 0.1) is 0 Å². The number of β-amino-alcohol motifs (C(OH)–C–C–N with tert-alkyl or cyclic N) is 2. The number of aromatic nitrogens is 1. The van der Waals surface area contributed by atoms with Gasteiger partial charge in [-0.2, -0.15) is 8.78 Å². The number of alkyl halides is 2. The molecule has 2 atom stereocenters. The summed E-state index contributed by atoms with van der Waals surface area (Å²) in [5, 5.41) is 22.1. The van der Waals surface area contributed by atoms with Crippen molar-refractivity contribution in [2.45, 2.75) is 18.8 Å². The Labute approximate surface area is 135 Å². The summed E-state index contributed by atoms with van der Waals surface area (Å²) in [6, 6.07) is 5.43.